The number of anilines is 1. The lowest BCUT2D eigenvalue weighted by atomic mass is 10.2. The SMILES string of the molecule is Cc1ccc(-n2c(SCC(=O)N3CCN(c4ncccn4)CC3)nc3ccccc32)cc1. The Labute approximate surface area is 191 Å². The first-order valence-electron chi connectivity index (χ1n) is 10.7. The van der Waals surface area contributed by atoms with Gasteiger partial charge in [-0.3, -0.25) is 9.36 Å². The summed E-state index contributed by atoms with van der Waals surface area (Å²) in [5.41, 5.74) is 4.24. The molecule has 8 heteroatoms. The minimum absolute atomic E-state index is 0.131. The van der Waals surface area contributed by atoms with Gasteiger partial charge in [-0.15, -0.1) is 0 Å². The molecular weight excluding hydrogens is 420 g/mol. The molecule has 0 unspecified atom stereocenters. The third kappa shape index (κ3) is 4.18. The summed E-state index contributed by atoms with van der Waals surface area (Å²) in [5, 5.41) is 0.833. The van der Waals surface area contributed by atoms with E-state index >= 15 is 0 Å². The number of carbonyl (C=O) groups excluding carboxylic acids is 1. The number of fused-ring (bicyclic) bond motifs is 1. The zero-order valence-corrected chi connectivity index (χ0v) is 18.7. The first kappa shape index (κ1) is 20.5. The van der Waals surface area contributed by atoms with E-state index in [1.807, 2.05) is 29.2 Å². The maximum Gasteiger partial charge on any atom is 0.233 e. The van der Waals surface area contributed by atoms with E-state index in [1.54, 1.807) is 12.4 Å². The van der Waals surface area contributed by atoms with Crippen molar-refractivity contribution in [1.82, 2.24) is 24.4 Å². The smallest absolute Gasteiger partial charge is 0.233 e. The first-order valence-corrected chi connectivity index (χ1v) is 11.6. The second kappa shape index (κ2) is 9.00. The third-order valence-electron chi connectivity index (χ3n) is 5.61. The van der Waals surface area contributed by atoms with E-state index in [0.29, 0.717) is 18.8 Å². The van der Waals surface area contributed by atoms with Crippen molar-refractivity contribution in [1.29, 1.82) is 0 Å². The average molecular weight is 445 g/mol. The molecule has 1 amide bonds. The quantitative estimate of drug-likeness (QED) is 0.439. The van der Waals surface area contributed by atoms with Crippen LogP contribution in [-0.4, -0.2) is 62.3 Å². The topological polar surface area (TPSA) is 67.2 Å². The van der Waals surface area contributed by atoms with Gasteiger partial charge in [0.05, 0.1) is 16.8 Å². The summed E-state index contributed by atoms with van der Waals surface area (Å²) in [7, 11) is 0. The van der Waals surface area contributed by atoms with Crippen LogP contribution in [0.15, 0.2) is 72.1 Å². The van der Waals surface area contributed by atoms with Gasteiger partial charge in [-0.05, 0) is 37.3 Å². The van der Waals surface area contributed by atoms with Gasteiger partial charge in [0, 0.05) is 44.3 Å². The highest BCUT2D eigenvalue weighted by molar-refractivity contribution is 7.99. The Kier molecular flexibility index (Phi) is 5.77. The van der Waals surface area contributed by atoms with Crippen molar-refractivity contribution in [3.8, 4) is 5.69 Å². The number of aryl methyl sites for hydroxylation is 1. The molecule has 0 radical (unpaired) electrons. The van der Waals surface area contributed by atoms with Gasteiger partial charge < -0.3 is 9.80 Å². The highest BCUT2D eigenvalue weighted by atomic mass is 32.2. The fraction of sp³-hybridized carbons (Fsp3) is 0.250. The van der Waals surface area contributed by atoms with Crippen molar-refractivity contribution in [2.75, 3.05) is 36.8 Å². The number of hydrogen-bond acceptors (Lipinski definition) is 6. The lowest BCUT2D eigenvalue weighted by Crippen LogP contribution is -2.49. The minimum Gasteiger partial charge on any atom is -0.338 e. The number of para-hydroxylation sites is 2. The summed E-state index contributed by atoms with van der Waals surface area (Å²) in [4.78, 5) is 30.4. The van der Waals surface area contributed by atoms with E-state index < -0.39 is 0 Å². The molecule has 0 N–H and O–H groups in total. The molecule has 162 valence electrons. The van der Waals surface area contributed by atoms with Gasteiger partial charge >= 0.3 is 0 Å². The van der Waals surface area contributed by atoms with Crippen LogP contribution in [0.25, 0.3) is 16.7 Å². The summed E-state index contributed by atoms with van der Waals surface area (Å²) in [5.74, 6) is 1.21. The average Bonchev–Trinajstić information content (AvgIpc) is 3.22. The number of amides is 1. The number of aromatic nitrogens is 4. The van der Waals surface area contributed by atoms with Crippen LogP contribution >= 0.6 is 11.8 Å². The number of hydrogen-bond donors (Lipinski definition) is 0. The zero-order chi connectivity index (χ0) is 21.9. The van der Waals surface area contributed by atoms with E-state index in [2.05, 4.69) is 56.7 Å². The molecule has 1 aliphatic heterocycles. The van der Waals surface area contributed by atoms with Gasteiger partial charge in [0.2, 0.25) is 11.9 Å². The first-order chi connectivity index (χ1) is 15.7. The lowest BCUT2D eigenvalue weighted by Gasteiger charge is -2.34. The molecule has 5 rings (SSSR count). The Morgan fingerprint density at radius 2 is 1.66 bits per heavy atom. The largest absolute Gasteiger partial charge is 0.338 e. The number of piperazine rings is 1. The number of carbonyl (C=O) groups is 1. The molecule has 1 saturated heterocycles. The van der Waals surface area contributed by atoms with Gasteiger partial charge in [0.1, 0.15) is 0 Å². The number of benzene rings is 2. The molecule has 1 fully saturated rings. The van der Waals surface area contributed by atoms with E-state index in [-0.39, 0.29) is 5.91 Å². The predicted molar refractivity (Wildman–Crippen MR) is 127 cm³/mol. The van der Waals surface area contributed by atoms with E-state index in [4.69, 9.17) is 4.98 Å². The number of rotatable bonds is 5. The van der Waals surface area contributed by atoms with Gasteiger partial charge in [0.15, 0.2) is 5.16 Å². The monoisotopic (exact) mass is 444 g/mol. The van der Waals surface area contributed by atoms with Crippen molar-refractivity contribution in [3.63, 3.8) is 0 Å². The zero-order valence-electron chi connectivity index (χ0n) is 17.9. The van der Waals surface area contributed by atoms with Crippen molar-refractivity contribution in [3.05, 3.63) is 72.6 Å². The van der Waals surface area contributed by atoms with Crippen molar-refractivity contribution in [2.24, 2.45) is 0 Å². The lowest BCUT2D eigenvalue weighted by molar-refractivity contribution is -0.128. The summed E-state index contributed by atoms with van der Waals surface area (Å²) >= 11 is 1.49. The minimum atomic E-state index is 0.131. The van der Waals surface area contributed by atoms with Crippen LogP contribution in [0.3, 0.4) is 0 Å². The molecule has 2 aromatic carbocycles. The standard InChI is InChI=1S/C24H24N6OS/c1-18-7-9-19(10-8-18)30-21-6-3-2-5-20(21)27-24(30)32-17-22(31)28-13-15-29(16-14-28)23-25-11-4-12-26-23/h2-12H,13-17H2,1H3. The van der Waals surface area contributed by atoms with Crippen LogP contribution in [0.2, 0.25) is 0 Å². The molecule has 0 aliphatic carbocycles. The fourth-order valence-electron chi connectivity index (χ4n) is 3.87. The van der Waals surface area contributed by atoms with E-state index in [9.17, 15) is 4.79 Å². The Morgan fingerprint density at radius 3 is 2.41 bits per heavy atom. The molecule has 0 saturated carbocycles. The second-order valence-electron chi connectivity index (χ2n) is 7.76. The summed E-state index contributed by atoms with van der Waals surface area (Å²) in [6.07, 6.45) is 3.49. The highest BCUT2D eigenvalue weighted by Crippen LogP contribution is 2.28. The molecule has 4 aromatic rings. The maximum absolute atomic E-state index is 12.9. The number of thioether (sulfide) groups is 1. The normalized spacial score (nSPS) is 14.2. The predicted octanol–water partition coefficient (Wildman–Crippen LogP) is 3.56. The molecule has 0 spiro atoms. The maximum atomic E-state index is 12.9. The summed E-state index contributed by atoms with van der Waals surface area (Å²) < 4.78 is 2.14. The van der Waals surface area contributed by atoms with Gasteiger partial charge in [-0.1, -0.05) is 41.6 Å². The van der Waals surface area contributed by atoms with Crippen LogP contribution in [0.5, 0.6) is 0 Å². The van der Waals surface area contributed by atoms with Crippen LogP contribution in [0.1, 0.15) is 5.56 Å². The van der Waals surface area contributed by atoms with Gasteiger partial charge in [0.25, 0.3) is 0 Å². The van der Waals surface area contributed by atoms with Crippen molar-refractivity contribution in [2.45, 2.75) is 12.1 Å². The molecule has 7 nitrogen and oxygen atoms in total. The molecule has 32 heavy (non-hydrogen) atoms. The van der Waals surface area contributed by atoms with E-state index in [0.717, 1.165) is 40.9 Å². The Morgan fingerprint density at radius 1 is 0.938 bits per heavy atom. The van der Waals surface area contributed by atoms with Crippen molar-refractivity contribution < 1.29 is 4.79 Å². The van der Waals surface area contributed by atoms with E-state index in [1.165, 1.54) is 17.3 Å². The molecular formula is C24H24N6OS. The third-order valence-corrected chi connectivity index (χ3v) is 6.54. The number of imidazole rings is 1. The Hall–Kier alpha value is -3.39. The van der Waals surface area contributed by atoms with Crippen LogP contribution < -0.4 is 4.90 Å². The summed E-state index contributed by atoms with van der Waals surface area (Å²) in [6, 6.07) is 18.3. The Balaban J connectivity index is 1.29. The fourth-order valence-corrected chi connectivity index (χ4v) is 4.80. The van der Waals surface area contributed by atoms with Crippen LogP contribution in [0.4, 0.5) is 5.95 Å². The van der Waals surface area contributed by atoms with Crippen LogP contribution in [0, 0.1) is 6.92 Å². The molecule has 3 heterocycles. The number of nitrogens with zero attached hydrogens (tertiary/aromatic N) is 6. The second-order valence-corrected chi connectivity index (χ2v) is 8.70. The molecule has 2 aromatic heterocycles. The van der Waals surface area contributed by atoms with Crippen molar-refractivity contribution >= 4 is 34.7 Å². The Bertz CT molecular complexity index is 1220. The molecule has 1 aliphatic rings. The highest BCUT2D eigenvalue weighted by Gasteiger charge is 2.23. The van der Waals surface area contributed by atoms with Gasteiger partial charge in [-0.2, -0.15) is 0 Å². The molecule has 0 bridgehead atoms. The summed E-state index contributed by atoms with van der Waals surface area (Å²) in [6.45, 7) is 4.90. The van der Waals surface area contributed by atoms with Gasteiger partial charge in [-0.25, -0.2) is 15.0 Å². The van der Waals surface area contributed by atoms with Crippen LogP contribution in [-0.2, 0) is 4.79 Å². The molecule has 0 atom stereocenters.